The number of primary amides is 1. The van der Waals surface area contributed by atoms with Crippen LogP contribution < -0.4 is 5.73 Å². The van der Waals surface area contributed by atoms with Crippen LogP contribution in [0.15, 0.2) is 23.0 Å². The predicted molar refractivity (Wildman–Crippen MR) is 132 cm³/mol. The van der Waals surface area contributed by atoms with Crippen molar-refractivity contribution in [1.29, 1.82) is 0 Å². The molecule has 0 saturated heterocycles. The van der Waals surface area contributed by atoms with Gasteiger partial charge in [0.05, 0.1) is 11.6 Å². The van der Waals surface area contributed by atoms with Crippen LogP contribution in [0, 0.1) is 23.6 Å². The van der Waals surface area contributed by atoms with E-state index in [-0.39, 0.29) is 36.0 Å². The molecular formula is C27H33FN2O7. The Balaban J connectivity index is 1.88. The number of ketones is 2. The molecular weight excluding hydrogens is 483 g/mol. The third kappa shape index (κ3) is 3.93. The van der Waals surface area contributed by atoms with Crippen molar-refractivity contribution < 1.29 is 39.2 Å². The Morgan fingerprint density at radius 1 is 1.24 bits per heavy atom. The SMILES string of the molecule is CC(C)CCCc1c(F)cc2c(c1O)C(O)=C1C(=O)[C@]3(O)C(O)=C(C(N)=O)C(=O)[C@@H](N(C)C)[C@@H]3C[C@@H]1C2. The van der Waals surface area contributed by atoms with E-state index in [9.17, 15) is 34.8 Å². The fraction of sp³-hybridized carbons (Fsp3) is 0.519. The highest BCUT2D eigenvalue weighted by Crippen LogP contribution is 2.53. The van der Waals surface area contributed by atoms with Crippen LogP contribution in [0.2, 0.25) is 0 Å². The van der Waals surface area contributed by atoms with Gasteiger partial charge >= 0.3 is 0 Å². The van der Waals surface area contributed by atoms with E-state index in [4.69, 9.17) is 5.73 Å². The summed E-state index contributed by atoms with van der Waals surface area (Å²) in [5.74, 6) is -7.53. The van der Waals surface area contributed by atoms with Crippen LogP contribution in [0.3, 0.4) is 0 Å². The monoisotopic (exact) mass is 516 g/mol. The zero-order valence-corrected chi connectivity index (χ0v) is 21.3. The lowest BCUT2D eigenvalue weighted by molar-refractivity contribution is -0.153. The third-order valence-electron chi connectivity index (χ3n) is 7.97. The zero-order chi connectivity index (χ0) is 27.6. The first-order valence-electron chi connectivity index (χ1n) is 12.4. The number of Topliss-reactive ketones (excluding diaryl/α,β-unsaturated/α-hetero) is 2. The Bertz CT molecular complexity index is 1270. The lowest BCUT2D eigenvalue weighted by Crippen LogP contribution is -2.65. The number of nitrogens with two attached hydrogens (primary N) is 1. The second-order valence-electron chi connectivity index (χ2n) is 11.0. The van der Waals surface area contributed by atoms with Crippen molar-refractivity contribution in [1.82, 2.24) is 4.90 Å². The molecule has 4 atom stereocenters. The molecule has 0 aromatic heterocycles. The molecule has 0 unspecified atom stereocenters. The van der Waals surface area contributed by atoms with Crippen LogP contribution in [0.5, 0.6) is 5.75 Å². The van der Waals surface area contributed by atoms with Crippen molar-refractivity contribution in [3.63, 3.8) is 0 Å². The van der Waals surface area contributed by atoms with Gasteiger partial charge in [-0.3, -0.25) is 19.3 Å². The molecule has 0 heterocycles. The fourth-order valence-corrected chi connectivity index (χ4v) is 6.23. The first-order valence-corrected chi connectivity index (χ1v) is 12.4. The largest absolute Gasteiger partial charge is 0.508 e. The maximum atomic E-state index is 15.0. The van der Waals surface area contributed by atoms with Crippen LogP contribution in [0.1, 0.15) is 49.8 Å². The smallest absolute Gasteiger partial charge is 0.255 e. The average Bonchev–Trinajstić information content (AvgIpc) is 2.77. The van der Waals surface area contributed by atoms with E-state index < -0.39 is 69.6 Å². The third-order valence-corrected chi connectivity index (χ3v) is 7.97. The van der Waals surface area contributed by atoms with Crippen molar-refractivity contribution in [3.05, 3.63) is 45.5 Å². The quantitative estimate of drug-likeness (QED) is 0.359. The topological polar surface area (TPSA) is 161 Å². The van der Waals surface area contributed by atoms with E-state index in [1.165, 1.54) is 25.1 Å². The molecule has 1 saturated carbocycles. The Hall–Kier alpha value is -3.24. The summed E-state index contributed by atoms with van der Waals surface area (Å²) in [6.45, 7) is 4.05. The lowest BCUT2D eigenvalue weighted by atomic mass is 9.57. The molecule has 1 aromatic carbocycles. The molecule has 3 aliphatic carbocycles. The summed E-state index contributed by atoms with van der Waals surface area (Å²) in [4.78, 5) is 40.3. The van der Waals surface area contributed by atoms with Gasteiger partial charge in [-0.1, -0.05) is 20.3 Å². The van der Waals surface area contributed by atoms with Crippen LogP contribution >= 0.6 is 0 Å². The van der Waals surface area contributed by atoms with Gasteiger partial charge in [0, 0.05) is 17.1 Å². The van der Waals surface area contributed by atoms with Gasteiger partial charge in [0.2, 0.25) is 5.78 Å². The average molecular weight is 517 g/mol. The van der Waals surface area contributed by atoms with Gasteiger partial charge in [0.15, 0.2) is 11.4 Å². The van der Waals surface area contributed by atoms with Crippen LogP contribution in [0.4, 0.5) is 4.39 Å². The number of nitrogens with zero attached hydrogens (tertiary/aromatic N) is 1. The minimum atomic E-state index is -2.69. The maximum absolute atomic E-state index is 15.0. The standard InChI is InChI=1S/C27H33FN2O7/c1-11(2)6-5-7-14-16(28)10-13-8-12-9-15-20(30(3)4)23(33)19(26(29)36)25(35)27(15,37)24(34)18(12)22(32)17(13)21(14)31/h10-12,15,20,31-32,35,37H,5-9H2,1-4H3,(H2,29,36)/t12-,15-,20-,27-/m0/s1. The van der Waals surface area contributed by atoms with E-state index in [0.29, 0.717) is 17.9 Å². The molecule has 200 valence electrons. The molecule has 0 aliphatic heterocycles. The number of aromatic hydroxyl groups is 1. The number of aliphatic hydroxyl groups excluding tert-OH is 2. The molecule has 0 bridgehead atoms. The molecule has 1 fully saturated rings. The van der Waals surface area contributed by atoms with E-state index in [1.807, 2.05) is 13.8 Å². The Labute approximate surface area is 214 Å². The number of phenols is 1. The number of carbonyl (C=O) groups is 3. The summed E-state index contributed by atoms with van der Waals surface area (Å²) < 4.78 is 15.0. The van der Waals surface area contributed by atoms with Gasteiger partial charge in [-0.2, -0.15) is 0 Å². The summed E-state index contributed by atoms with van der Waals surface area (Å²) in [5.41, 5.74) is 1.76. The van der Waals surface area contributed by atoms with Crippen molar-refractivity contribution >= 4 is 23.2 Å². The van der Waals surface area contributed by atoms with Crippen molar-refractivity contribution in [2.45, 2.75) is 57.6 Å². The predicted octanol–water partition coefficient (Wildman–Crippen LogP) is 2.08. The van der Waals surface area contributed by atoms with Gasteiger partial charge in [0.1, 0.15) is 28.7 Å². The van der Waals surface area contributed by atoms with Gasteiger partial charge in [-0.15, -0.1) is 0 Å². The summed E-state index contributed by atoms with van der Waals surface area (Å²) in [7, 11) is 3.06. The van der Waals surface area contributed by atoms with E-state index in [0.717, 1.165) is 6.42 Å². The molecule has 37 heavy (non-hydrogen) atoms. The number of halogens is 1. The number of likely N-dealkylation sites (N-methyl/N-ethyl adjacent to an activating group) is 1. The number of fused-ring (bicyclic) bond motifs is 3. The van der Waals surface area contributed by atoms with Gasteiger partial charge in [-0.25, -0.2) is 4.39 Å². The molecule has 3 aliphatic rings. The number of aliphatic hydroxyl groups is 3. The Morgan fingerprint density at radius 3 is 2.46 bits per heavy atom. The minimum absolute atomic E-state index is 0.0274. The molecule has 0 spiro atoms. The highest BCUT2D eigenvalue weighted by Gasteiger charge is 2.64. The number of phenolic OH excluding ortho intramolecular Hbond substituents is 1. The number of carbonyl (C=O) groups excluding carboxylic acids is 3. The molecule has 9 nitrogen and oxygen atoms in total. The second-order valence-corrected chi connectivity index (χ2v) is 11.0. The molecule has 6 N–H and O–H groups in total. The molecule has 10 heteroatoms. The highest BCUT2D eigenvalue weighted by molar-refractivity contribution is 6.24. The normalized spacial score (nSPS) is 27.5. The highest BCUT2D eigenvalue weighted by atomic mass is 19.1. The number of benzene rings is 1. The lowest BCUT2D eigenvalue weighted by Gasteiger charge is -2.50. The number of hydrogen-bond donors (Lipinski definition) is 5. The van der Waals surface area contributed by atoms with Crippen LogP contribution in [0.25, 0.3) is 5.76 Å². The Kier molecular flexibility index (Phi) is 6.71. The van der Waals surface area contributed by atoms with Gasteiger partial charge in [0.25, 0.3) is 5.91 Å². The van der Waals surface area contributed by atoms with E-state index in [2.05, 4.69) is 0 Å². The van der Waals surface area contributed by atoms with Crippen LogP contribution in [-0.2, 0) is 27.2 Å². The molecule has 0 radical (unpaired) electrons. The summed E-state index contributed by atoms with van der Waals surface area (Å²) in [5, 5.41) is 44.7. The minimum Gasteiger partial charge on any atom is -0.508 e. The Morgan fingerprint density at radius 2 is 1.89 bits per heavy atom. The van der Waals surface area contributed by atoms with E-state index in [1.54, 1.807) is 0 Å². The number of amides is 1. The zero-order valence-electron chi connectivity index (χ0n) is 21.3. The summed E-state index contributed by atoms with van der Waals surface area (Å²) >= 11 is 0. The van der Waals surface area contributed by atoms with Gasteiger partial charge < -0.3 is 26.2 Å². The van der Waals surface area contributed by atoms with Crippen molar-refractivity contribution in [2.24, 2.45) is 23.5 Å². The second kappa shape index (κ2) is 9.25. The first-order chi connectivity index (χ1) is 17.2. The number of rotatable bonds is 6. The van der Waals surface area contributed by atoms with Crippen LogP contribution in [-0.4, -0.2) is 68.5 Å². The first kappa shape index (κ1) is 26.8. The fourth-order valence-electron chi connectivity index (χ4n) is 6.23. The van der Waals surface area contributed by atoms with E-state index >= 15 is 4.39 Å². The summed E-state index contributed by atoms with van der Waals surface area (Å²) in [6.07, 6.45) is 1.66. The number of hydrogen-bond acceptors (Lipinski definition) is 8. The maximum Gasteiger partial charge on any atom is 0.255 e. The summed E-state index contributed by atoms with van der Waals surface area (Å²) in [6, 6.07) is 0.0849. The molecule has 1 amide bonds. The molecule has 4 rings (SSSR count). The van der Waals surface area contributed by atoms with Crippen molar-refractivity contribution in [3.8, 4) is 5.75 Å². The van der Waals surface area contributed by atoms with Gasteiger partial charge in [-0.05, 0) is 63.2 Å². The molecule has 1 aromatic rings. The van der Waals surface area contributed by atoms with Crippen molar-refractivity contribution in [2.75, 3.05) is 14.1 Å².